The molecule has 2 aromatic carbocycles. The van der Waals surface area contributed by atoms with E-state index in [-0.39, 0.29) is 6.10 Å². The van der Waals surface area contributed by atoms with Gasteiger partial charge in [-0.15, -0.1) is 0 Å². The SMILES string of the molecule is CCCCCCCCOc1ccc(-c2ccccc2C(C)OCCCC)cc1. The zero-order chi connectivity index (χ0) is 20.0. The molecule has 2 aromatic rings. The van der Waals surface area contributed by atoms with Gasteiger partial charge < -0.3 is 9.47 Å². The molecule has 0 aliphatic heterocycles. The molecule has 0 fully saturated rings. The van der Waals surface area contributed by atoms with Gasteiger partial charge in [0.2, 0.25) is 0 Å². The highest BCUT2D eigenvalue weighted by molar-refractivity contribution is 5.68. The summed E-state index contributed by atoms with van der Waals surface area (Å²) in [6.07, 6.45) is 10.1. The summed E-state index contributed by atoms with van der Waals surface area (Å²) >= 11 is 0. The van der Waals surface area contributed by atoms with E-state index in [0.717, 1.165) is 38.2 Å². The van der Waals surface area contributed by atoms with E-state index < -0.39 is 0 Å². The largest absolute Gasteiger partial charge is 0.494 e. The molecule has 0 aliphatic rings. The summed E-state index contributed by atoms with van der Waals surface area (Å²) in [5, 5.41) is 0. The predicted molar refractivity (Wildman–Crippen MR) is 120 cm³/mol. The van der Waals surface area contributed by atoms with Crippen molar-refractivity contribution in [2.45, 2.75) is 78.2 Å². The first kappa shape index (κ1) is 22.5. The summed E-state index contributed by atoms with van der Waals surface area (Å²) in [6, 6.07) is 17.0. The average molecular weight is 383 g/mol. The molecule has 0 spiro atoms. The minimum Gasteiger partial charge on any atom is -0.494 e. The van der Waals surface area contributed by atoms with Crippen molar-refractivity contribution < 1.29 is 9.47 Å². The van der Waals surface area contributed by atoms with Crippen molar-refractivity contribution in [2.24, 2.45) is 0 Å². The number of ether oxygens (including phenoxy) is 2. The maximum atomic E-state index is 6.03. The Morgan fingerprint density at radius 3 is 2.14 bits per heavy atom. The minimum atomic E-state index is 0.103. The Balaban J connectivity index is 1.89. The van der Waals surface area contributed by atoms with Crippen molar-refractivity contribution >= 4 is 0 Å². The Morgan fingerprint density at radius 1 is 0.714 bits per heavy atom. The Labute approximate surface area is 172 Å². The maximum absolute atomic E-state index is 6.03. The van der Waals surface area contributed by atoms with Crippen LogP contribution in [0.1, 0.15) is 83.8 Å². The first-order chi connectivity index (χ1) is 13.8. The Kier molecular flexibility index (Phi) is 10.8. The minimum absolute atomic E-state index is 0.103. The zero-order valence-corrected chi connectivity index (χ0v) is 18.1. The van der Waals surface area contributed by atoms with Gasteiger partial charge in [-0.2, -0.15) is 0 Å². The van der Waals surface area contributed by atoms with Crippen LogP contribution in [0.25, 0.3) is 11.1 Å². The number of benzene rings is 2. The third-order valence-corrected chi connectivity index (χ3v) is 5.20. The van der Waals surface area contributed by atoms with E-state index in [9.17, 15) is 0 Å². The second kappa shape index (κ2) is 13.4. The van der Waals surface area contributed by atoms with Gasteiger partial charge in [-0.1, -0.05) is 88.8 Å². The van der Waals surface area contributed by atoms with Gasteiger partial charge in [-0.3, -0.25) is 0 Å². The molecular weight excluding hydrogens is 344 g/mol. The van der Waals surface area contributed by atoms with Gasteiger partial charge in [-0.05, 0) is 48.6 Å². The molecule has 2 nitrogen and oxygen atoms in total. The Bertz CT molecular complexity index is 648. The third-order valence-electron chi connectivity index (χ3n) is 5.20. The van der Waals surface area contributed by atoms with Crippen LogP contribution in [0.2, 0.25) is 0 Å². The molecule has 1 unspecified atom stereocenters. The van der Waals surface area contributed by atoms with Crippen LogP contribution in [0, 0.1) is 0 Å². The quantitative estimate of drug-likeness (QED) is 0.308. The molecular formula is C26H38O2. The topological polar surface area (TPSA) is 18.5 Å². The highest BCUT2D eigenvalue weighted by atomic mass is 16.5. The lowest BCUT2D eigenvalue weighted by Crippen LogP contribution is -2.03. The van der Waals surface area contributed by atoms with Crippen molar-refractivity contribution in [3.63, 3.8) is 0 Å². The Hall–Kier alpha value is -1.80. The summed E-state index contributed by atoms with van der Waals surface area (Å²) in [4.78, 5) is 0. The Morgan fingerprint density at radius 2 is 1.39 bits per heavy atom. The molecule has 154 valence electrons. The first-order valence-electron chi connectivity index (χ1n) is 11.2. The van der Waals surface area contributed by atoms with Gasteiger partial charge >= 0.3 is 0 Å². The fourth-order valence-electron chi connectivity index (χ4n) is 3.41. The van der Waals surface area contributed by atoms with E-state index in [1.807, 2.05) is 0 Å². The van der Waals surface area contributed by atoms with Gasteiger partial charge in [0.15, 0.2) is 0 Å². The van der Waals surface area contributed by atoms with E-state index in [1.165, 1.54) is 48.8 Å². The second-order valence-electron chi connectivity index (χ2n) is 7.59. The molecule has 0 N–H and O–H groups in total. The van der Waals surface area contributed by atoms with Crippen LogP contribution < -0.4 is 4.74 Å². The summed E-state index contributed by atoms with van der Waals surface area (Å²) in [7, 11) is 0. The van der Waals surface area contributed by atoms with Crippen molar-refractivity contribution in [3.8, 4) is 16.9 Å². The summed E-state index contributed by atoms with van der Waals surface area (Å²) < 4.78 is 12.0. The van der Waals surface area contributed by atoms with E-state index >= 15 is 0 Å². The molecule has 0 aliphatic carbocycles. The molecule has 2 rings (SSSR count). The van der Waals surface area contributed by atoms with Crippen LogP contribution in [0.15, 0.2) is 48.5 Å². The molecule has 28 heavy (non-hydrogen) atoms. The van der Waals surface area contributed by atoms with E-state index in [0.29, 0.717) is 0 Å². The van der Waals surface area contributed by atoms with Crippen LogP contribution in [0.3, 0.4) is 0 Å². The first-order valence-corrected chi connectivity index (χ1v) is 11.2. The van der Waals surface area contributed by atoms with Crippen molar-refractivity contribution in [1.82, 2.24) is 0 Å². The van der Waals surface area contributed by atoms with Crippen LogP contribution in [-0.4, -0.2) is 13.2 Å². The monoisotopic (exact) mass is 382 g/mol. The van der Waals surface area contributed by atoms with Crippen LogP contribution in [0.5, 0.6) is 5.75 Å². The van der Waals surface area contributed by atoms with E-state index in [2.05, 4.69) is 69.3 Å². The van der Waals surface area contributed by atoms with Crippen molar-refractivity contribution in [3.05, 3.63) is 54.1 Å². The zero-order valence-electron chi connectivity index (χ0n) is 18.1. The number of rotatable bonds is 14. The van der Waals surface area contributed by atoms with Gasteiger partial charge in [0.1, 0.15) is 5.75 Å². The fourth-order valence-corrected chi connectivity index (χ4v) is 3.41. The standard InChI is InChI=1S/C26H38O2/c1-4-6-8-9-10-13-21-28-24-18-16-23(17-19-24)26-15-12-11-14-25(26)22(3)27-20-7-5-2/h11-12,14-19,22H,4-10,13,20-21H2,1-3H3. The lowest BCUT2D eigenvalue weighted by molar-refractivity contribution is 0.0640. The molecule has 1 atom stereocenters. The third kappa shape index (κ3) is 7.67. The molecule has 0 saturated heterocycles. The summed E-state index contributed by atoms with van der Waals surface area (Å²) in [5.74, 6) is 0.960. The number of hydrogen-bond donors (Lipinski definition) is 0. The molecule has 0 amide bonds. The van der Waals surface area contributed by atoms with Gasteiger partial charge in [0.25, 0.3) is 0 Å². The van der Waals surface area contributed by atoms with Gasteiger partial charge in [0.05, 0.1) is 12.7 Å². The van der Waals surface area contributed by atoms with Crippen molar-refractivity contribution in [2.75, 3.05) is 13.2 Å². The number of hydrogen-bond acceptors (Lipinski definition) is 2. The van der Waals surface area contributed by atoms with Gasteiger partial charge in [0, 0.05) is 6.61 Å². The summed E-state index contributed by atoms with van der Waals surface area (Å²) in [5.41, 5.74) is 3.71. The van der Waals surface area contributed by atoms with Crippen molar-refractivity contribution in [1.29, 1.82) is 0 Å². The lowest BCUT2D eigenvalue weighted by Gasteiger charge is -2.18. The smallest absolute Gasteiger partial charge is 0.119 e. The van der Waals surface area contributed by atoms with Crippen LogP contribution >= 0.6 is 0 Å². The van der Waals surface area contributed by atoms with E-state index in [1.54, 1.807) is 0 Å². The lowest BCUT2D eigenvalue weighted by atomic mass is 9.96. The maximum Gasteiger partial charge on any atom is 0.119 e. The predicted octanol–water partition coefficient (Wildman–Crippen LogP) is 7.97. The second-order valence-corrected chi connectivity index (χ2v) is 7.59. The highest BCUT2D eigenvalue weighted by Crippen LogP contribution is 2.31. The number of unbranched alkanes of at least 4 members (excludes halogenated alkanes) is 6. The van der Waals surface area contributed by atoms with E-state index in [4.69, 9.17) is 9.47 Å². The normalized spacial score (nSPS) is 12.1. The molecule has 0 saturated carbocycles. The molecule has 0 aromatic heterocycles. The van der Waals surface area contributed by atoms with Crippen LogP contribution in [-0.2, 0) is 4.74 Å². The highest BCUT2D eigenvalue weighted by Gasteiger charge is 2.12. The fraction of sp³-hybridized carbons (Fsp3) is 0.538. The van der Waals surface area contributed by atoms with Gasteiger partial charge in [-0.25, -0.2) is 0 Å². The summed E-state index contributed by atoms with van der Waals surface area (Å²) in [6.45, 7) is 8.22. The molecule has 2 heteroatoms. The molecule has 0 heterocycles. The average Bonchev–Trinajstić information content (AvgIpc) is 2.74. The molecule has 0 radical (unpaired) electrons. The molecule has 0 bridgehead atoms. The van der Waals surface area contributed by atoms with Crippen LogP contribution in [0.4, 0.5) is 0 Å².